The number of hydrogen-bond acceptors (Lipinski definition) is 6. The fourth-order valence-corrected chi connectivity index (χ4v) is 2.06. The third kappa shape index (κ3) is 9.67. The summed E-state index contributed by atoms with van der Waals surface area (Å²) in [5.41, 5.74) is 2.33. The van der Waals surface area contributed by atoms with Crippen LogP contribution in [-0.4, -0.2) is 34.1 Å². The van der Waals surface area contributed by atoms with E-state index in [0.717, 1.165) is 17.4 Å². The average molecular weight is 525 g/mol. The fraction of sp³-hybridized carbons (Fsp3) is 0.0526. The van der Waals surface area contributed by atoms with E-state index < -0.39 is 0 Å². The van der Waals surface area contributed by atoms with Crippen LogP contribution in [0.1, 0.15) is 21.5 Å². The Labute approximate surface area is 189 Å². The molecular weight excluding hydrogens is 506 g/mol. The van der Waals surface area contributed by atoms with Crippen molar-refractivity contribution in [2.75, 3.05) is 0 Å². The summed E-state index contributed by atoms with van der Waals surface area (Å²) < 4.78 is 3.96. The first kappa shape index (κ1) is 26.0. The number of nitrogens with zero attached hydrogens (tertiary/aromatic N) is 5. The summed E-state index contributed by atoms with van der Waals surface area (Å²) in [6, 6.07) is 10.7. The van der Waals surface area contributed by atoms with Gasteiger partial charge >= 0.3 is 6.67 Å². The van der Waals surface area contributed by atoms with Crippen LogP contribution in [0.5, 0.6) is 0 Å². The molecule has 3 heterocycles. The molecule has 0 amide bonds. The quantitative estimate of drug-likeness (QED) is 0.115. The number of hydrogen-bond donors (Lipinski definition) is 2. The lowest BCUT2D eigenvalue weighted by Gasteiger charge is -1.95. The van der Waals surface area contributed by atoms with Crippen molar-refractivity contribution >= 4 is 18.7 Å². The lowest BCUT2D eigenvalue weighted by molar-refractivity contribution is -0.913. The Bertz CT molecular complexity index is 836. The van der Waals surface area contributed by atoms with Gasteiger partial charge in [-0.2, -0.15) is 0 Å². The number of carbonyl (C=O) groups is 1. The van der Waals surface area contributed by atoms with Crippen LogP contribution in [0.15, 0.2) is 83.9 Å². The summed E-state index contributed by atoms with van der Waals surface area (Å²) in [5, 5.41) is 22.8. The number of halogens is 2. The zero-order valence-corrected chi connectivity index (χ0v) is 18.3. The van der Waals surface area contributed by atoms with Crippen molar-refractivity contribution in [2.24, 2.45) is 10.3 Å². The monoisotopic (exact) mass is 523 g/mol. The molecule has 2 N–H and O–H groups in total. The summed E-state index contributed by atoms with van der Waals surface area (Å²) in [7, 11) is 0. The second-order valence-corrected chi connectivity index (χ2v) is 5.32. The minimum atomic E-state index is 0. The van der Waals surface area contributed by atoms with Crippen molar-refractivity contribution in [2.45, 2.75) is 6.67 Å². The Kier molecular flexibility index (Phi) is 13.5. The molecule has 0 radical (unpaired) electrons. The summed E-state index contributed by atoms with van der Waals surface area (Å²) in [6.45, 7) is 0.660. The van der Waals surface area contributed by atoms with Gasteiger partial charge in [0.15, 0.2) is 24.8 Å². The van der Waals surface area contributed by atoms with E-state index in [4.69, 9.17) is 10.4 Å². The first-order valence-corrected chi connectivity index (χ1v) is 7.93. The Morgan fingerprint density at radius 1 is 0.759 bits per heavy atom. The van der Waals surface area contributed by atoms with Crippen molar-refractivity contribution in [3.8, 4) is 0 Å². The average Bonchev–Trinajstić information content (AvgIpc) is 2.72. The van der Waals surface area contributed by atoms with Gasteiger partial charge in [-0.25, -0.2) is 0 Å². The van der Waals surface area contributed by atoms with Gasteiger partial charge in [0.05, 0.1) is 12.4 Å². The Morgan fingerprint density at radius 3 is 1.48 bits per heavy atom. The van der Waals surface area contributed by atoms with E-state index >= 15 is 0 Å². The van der Waals surface area contributed by atoms with E-state index in [2.05, 4.69) is 15.3 Å². The van der Waals surface area contributed by atoms with Crippen LogP contribution in [0.25, 0.3) is 0 Å². The minimum Gasteiger partial charge on any atom is -1.00 e. The maximum atomic E-state index is 9.98. The Morgan fingerprint density at radius 2 is 1.17 bits per heavy atom. The number of aldehydes is 1. The molecule has 29 heavy (non-hydrogen) atoms. The molecular formula is C19H19Br2N5O3. The first-order chi connectivity index (χ1) is 13.2. The largest absolute Gasteiger partial charge is 1.00 e. The zero-order valence-electron chi connectivity index (χ0n) is 15.2. The number of rotatable bonds is 5. The van der Waals surface area contributed by atoms with Crippen LogP contribution in [-0.2, 0) is 6.67 Å². The van der Waals surface area contributed by atoms with Crippen LogP contribution in [0.2, 0.25) is 0 Å². The molecule has 0 unspecified atom stereocenters. The van der Waals surface area contributed by atoms with Gasteiger partial charge in [-0.15, -0.1) is 9.13 Å². The third-order valence-corrected chi connectivity index (χ3v) is 3.42. The molecule has 10 heteroatoms. The molecule has 8 nitrogen and oxygen atoms in total. The van der Waals surface area contributed by atoms with Gasteiger partial charge in [-0.3, -0.25) is 9.78 Å². The fourth-order valence-electron chi connectivity index (χ4n) is 2.06. The summed E-state index contributed by atoms with van der Waals surface area (Å²) in [5.74, 6) is 0. The number of pyridine rings is 3. The van der Waals surface area contributed by atoms with E-state index in [1.54, 1.807) is 24.5 Å². The number of oxime groups is 2. The summed E-state index contributed by atoms with van der Waals surface area (Å²) in [6.07, 6.45) is 14.3. The normalized spacial score (nSPS) is 9.79. The van der Waals surface area contributed by atoms with Crippen LogP contribution in [0, 0.1) is 0 Å². The molecule has 3 aromatic rings. The van der Waals surface area contributed by atoms with Gasteiger partial charge in [-0.1, -0.05) is 10.3 Å². The summed E-state index contributed by atoms with van der Waals surface area (Å²) >= 11 is 0. The number of aromatic nitrogens is 3. The van der Waals surface area contributed by atoms with E-state index in [1.165, 1.54) is 12.4 Å². The van der Waals surface area contributed by atoms with Gasteiger partial charge in [0.25, 0.3) is 0 Å². The highest BCUT2D eigenvalue weighted by Crippen LogP contribution is 1.91. The lowest BCUT2D eigenvalue weighted by Crippen LogP contribution is -3.00. The van der Waals surface area contributed by atoms with Gasteiger partial charge in [0.2, 0.25) is 0 Å². The molecule has 3 aromatic heterocycles. The van der Waals surface area contributed by atoms with E-state index in [1.807, 2.05) is 58.2 Å². The zero-order chi connectivity index (χ0) is 19.3. The van der Waals surface area contributed by atoms with Crippen molar-refractivity contribution in [1.29, 1.82) is 0 Å². The van der Waals surface area contributed by atoms with Crippen molar-refractivity contribution < 1.29 is 58.3 Å². The summed E-state index contributed by atoms with van der Waals surface area (Å²) in [4.78, 5) is 13.7. The molecule has 0 fully saturated rings. The highest BCUT2D eigenvalue weighted by atomic mass is 79.9. The van der Waals surface area contributed by atoms with Gasteiger partial charge in [0, 0.05) is 53.3 Å². The predicted octanol–water partition coefficient (Wildman–Crippen LogP) is -4.71. The maximum absolute atomic E-state index is 9.98. The van der Waals surface area contributed by atoms with Crippen LogP contribution >= 0.6 is 0 Å². The van der Waals surface area contributed by atoms with E-state index in [-0.39, 0.29) is 34.0 Å². The molecule has 0 saturated heterocycles. The second kappa shape index (κ2) is 15.0. The van der Waals surface area contributed by atoms with E-state index in [9.17, 15) is 4.79 Å². The molecule has 0 spiro atoms. The molecule has 0 aromatic carbocycles. The molecule has 152 valence electrons. The first-order valence-electron chi connectivity index (χ1n) is 7.93. The third-order valence-electron chi connectivity index (χ3n) is 3.42. The van der Waals surface area contributed by atoms with Crippen molar-refractivity contribution in [3.63, 3.8) is 0 Å². The van der Waals surface area contributed by atoms with Gasteiger partial charge < -0.3 is 44.4 Å². The standard InChI is InChI=1S/C13H12N4O2.C6H5NO.2BrH/c18-14-9-12-1-5-16(6-2-12)11-17-7-3-13(4-8-17)10-15-19;8-5-6-1-3-7-4-2-6;;/h1-10H,11H2;1-5H;2*1H. The minimum absolute atomic E-state index is 0. The van der Waals surface area contributed by atoms with Crippen molar-refractivity contribution in [3.05, 3.63) is 90.3 Å². The SMILES string of the molecule is O/N=C\c1cc[n+](C[n+]2ccc(/C=N\O)cc2)cc1.O=Cc1ccncc1.[Br-].[Br-]. The van der Waals surface area contributed by atoms with Crippen molar-refractivity contribution in [1.82, 2.24) is 4.98 Å². The Balaban J connectivity index is 0.000000667. The topological polar surface area (TPSA) is 103 Å². The molecule has 0 aliphatic rings. The van der Waals surface area contributed by atoms with Crippen LogP contribution < -0.4 is 43.1 Å². The highest BCUT2D eigenvalue weighted by Gasteiger charge is 2.07. The smallest absolute Gasteiger partial charge is 0.343 e. The Hall–Kier alpha value is -2.98. The second-order valence-electron chi connectivity index (χ2n) is 5.32. The molecule has 0 aliphatic carbocycles. The van der Waals surface area contributed by atoms with Crippen LogP contribution in [0.4, 0.5) is 0 Å². The van der Waals surface area contributed by atoms with Gasteiger partial charge in [0.1, 0.15) is 6.29 Å². The number of carbonyl (C=O) groups excluding carboxylic acids is 1. The molecule has 0 bridgehead atoms. The molecule has 0 aliphatic heterocycles. The maximum Gasteiger partial charge on any atom is 0.343 e. The predicted molar refractivity (Wildman–Crippen MR) is 97.1 cm³/mol. The molecule has 0 atom stereocenters. The van der Waals surface area contributed by atoms with Gasteiger partial charge in [-0.05, 0) is 12.1 Å². The lowest BCUT2D eigenvalue weighted by atomic mass is 10.3. The molecule has 0 saturated carbocycles. The molecule has 3 rings (SSSR count). The van der Waals surface area contributed by atoms with E-state index in [0.29, 0.717) is 12.2 Å². The highest BCUT2D eigenvalue weighted by molar-refractivity contribution is 5.78. The van der Waals surface area contributed by atoms with Crippen LogP contribution in [0.3, 0.4) is 0 Å².